The molecular formula is C16H21ClO3. The number of methoxy groups -OCH3 is 2. The highest BCUT2D eigenvalue weighted by Crippen LogP contribution is 2.47. The summed E-state index contributed by atoms with van der Waals surface area (Å²) < 4.78 is 9.97. The lowest BCUT2D eigenvalue weighted by Gasteiger charge is -2.17. The zero-order valence-corrected chi connectivity index (χ0v) is 12.9. The van der Waals surface area contributed by atoms with Crippen LogP contribution in [0, 0.1) is 11.8 Å². The first-order valence-corrected chi connectivity index (χ1v) is 7.39. The average molecular weight is 297 g/mol. The summed E-state index contributed by atoms with van der Waals surface area (Å²) in [5, 5.41) is 0.742. The Labute approximate surface area is 125 Å². The van der Waals surface area contributed by atoms with Gasteiger partial charge in [-0.2, -0.15) is 0 Å². The van der Waals surface area contributed by atoms with Crippen LogP contribution in [0.3, 0.4) is 0 Å². The first kappa shape index (κ1) is 15.2. The van der Waals surface area contributed by atoms with E-state index in [0.717, 1.165) is 35.6 Å². The molecule has 1 aliphatic carbocycles. The van der Waals surface area contributed by atoms with Crippen molar-refractivity contribution in [3.05, 3.63) is 28.8 Å². The zero-order chi connectivity index (χ0) is 14.7. The van der Waals surface area contributed by atoms with E-state index >= 15 is 0 Å². The van der Waals surface area contributed by atoms with Crippen molar-refractivity contribution in [2.75, 3.05) is 14.2 Å². The summed E-state index contributed by atoms with van der Waals surface area (Å²) in [5.41, 5.74) is 1.14. The van der Waals surface area contributed by atoms with E-state index in [1.807, 2.05) is 18.2 Å². The lowest BCUT2D eigenvalue weighted by molar-refractivity contribution is -0.142. The van der Waals surface area contributed by atoms with Gasteiger partial charge in [-0.3, -0.25) is 4.79 Å². The third kappa shape index (κ3) is 3.26. The number of rotatable bonds is 6. The van der Waals surface area contributed by atoms with Gasteiger partial charge in [-0.15, -0.1) is 0 Å². The van der Waals surface area contributed by atoms with Gasteiger partial charge in [-0.05, 0) is 48.8 Å². The van der Waals surface area contributed by atoms with Gasteiger partial charge in [0.15, 0.2) is 0 Å². The van der Waals surface area contributed by atoms with Crippen molar-refractivity contribution in [1.82, 2.24) is 0 Å². The van der Waals surface area contributed by atoms with Crippen LogP contribution in [0.4, 0.5) is 0 Å². The molecule has 0 N–H and O–H groups in total. The van der Waals surface area contributed by atoms with E-state index < -0.39 is 0 Å². The fourth-order valence-corrected chi connectivity index (χ4v) is 3.12. The van der Waals surface area contributed by atoms with Crippen molar-refractivity contribution >= 4 is 17.6 Å². The highest BCUT2D eigenvalue weighted by Gasteiger charge is 2.44. The number of hydrogen-bond donors (Lipinski definition) is 0. The van der Waals surface area contributed by atoms with Gasteiger partial charge in [-0.1, -0.05) is 24.6 Å². The lowest BCUT2D eigenvalue weighted by atomic mass is 9.90. The maximum atomic E-state index is 11.5. The Bertz CT molecular complexity index is 487. The van der Waals surface area contributed by atoms with E-state index in [2.05, 4.69) is 6.92 Å². The minimum atomic E-state index is -0.0781. The van der Waals surface area contributed by atoms with Crippen molar-refractivity contribution in [3.63, 3.8) is 0 Å². The van der Waals surface area contributed by atoms with Crippen LogP contribution in [0.5, 0.6) is 5.75 Å². The minimum Gasteiger partial charge on any atom is -0.497 e. The first-order chi connectivity index (χ1) is 9.60. The second-order valence-electron chi connectivity index (χ2n) is 5.35. The molecule has 3 atom stereocenters. The summed E-state index contributed by atoms with van der Waals surface area (Å²) in [6.07, 6.45) is 2.94. The Kier molecular flexibility index (Phi) is 4.92. The molecule has 1 saturated carbocycles. The highest BCUT2D eigenvalue weighted by atomic mass is 35.5. The molecule has 1 aromatic carbocycles. The van der Waals surface area contributed by atoms with Crippen LogP contribution >= 0.6 is 11.6 Å². The third-order valence-electron chi connectivity index (χ3n) is 4.15. The zero-order valence-electron chi connectivity index (χ0n) is 12.2. The van der Waals surface area contributed by atoms with Crippen LogP contribution in [-0.2, 0) is 9.53 Å². The van der Waals surface area contributed by atoms with Crippen LogP contribution < -0.4 is 4.74 Å². The molecule has 0 bridgehead atoms. The van der Waals surface area contributed by atoms with E-state index in [1.54, 1.807) is 7.11 Å². The fraction of sp³-hybridized carbons (Fsp3) is 0.562. The Morgan fingerprint density at radius 3 is 2.75 bits per heavy atom. The molecule has 1 fully saturated rings. The van der Waals surface area contributed by atoms with Crippen LogP contribution in [0.1, 0.15) is 37.7 Å². The molecule has 0 heterocycles. The van der Waals surface area contributed by atoms with Crippen molar-refractivity contribution in [2.45, 2.75) is 32.1 Å². The normalized spacial score (nSPS) is 22.2. The maximum absolute atomic E-state index is 11.5. The van der Waals surface area contributed by atoms with Crippen molar-refractivity contribution in [3.8, 4) is 5.75 Å². The molecule has 4 heteroatoms. The second-order valence-corrected chi connectivity index (χ2v) is 5.76. The average Bonchev–Trinajstić information content (AvgIpc) is 3.23. The Hall–Kier alpha value is -1.22. The number of hydrogen-bond acceptors (Lipinski definition) is 3. The van der Waals surface area contributed by atoms with Gasteiger partial charge < -0.3 is 9.47 Å². The van der Waals surface area contributed by atoms with Crippen LogP contribution in [0.2, 0.25) is 5.02 Å². The molecule has 0 spiro atoms. The molecule has 3 unspecified atom stereocenters. The standard InChI is InChI=1S/C16H21ClO3/c1-4-10(7-11-8-14(11)16(18)20-3)13-6-5-12(19-2)9-15(13)17/h5-6,9-11,14H,4,7-8H2,1-3H3. The van der Waals surface area contributed by atoms with Gasteiger partial charge in [-0.25, -0.2) is 0 Å². The Balaban J connectivity index is 2.04. The molecule has 0 radical (unpaired) electrons. The Morgan fingerprint density at radius 2 is 2.20 bits per heavy atom. The summed E-state index contributed by atoms with van der Waals surface area (Å²) in [5.74, 6) is 1.60. The van der Waals surface area contributed by atoms with Crippen LogP contribution in [0.25, 0.3) is 0 Å². The second kappa shape index (κ2) is 6.49. The Morgan fingerprint density at radius 1 is 1.45 bits per heavy atom. The van der Waals surface area contributed by atoms with E-state index in [0.29, 0.717) is 11.8 Å². The minimum absolute atomic E-state index is 0.0781. The van der Waals surface area contributed by atoms with E-state index in [1.165, 1.54) is 7.11 Å². The molecule has 0 amide bonds. The van der Waals surface area contributed by atoms with Crippen LogP contribution in [0.15, 0.2) is 18.2 Å². The molecule has 1 aromatic rings. The number of carbonyl (C=O) groups is 1. The summed E-state index contributed by atoms with van der Waals surface area (Å²) in [6.45, 7) is 2.15. The number of benzene rings is 1. The predicted octanol–water partition coefficient (Wildman–Crippen LogP) is 4.04. The summed E-state index contributed by atoms with van der Waals surface area (Å²) >= 11 is 6.34. The van der Waals surface area contributed by atoms with Gasteiger partial charge in [0.2, 0.25) is 0 Å². The molecule has 0 aliphatic heterocycles. The molecule has 20 heavy (non-hydrogen) atoms. The molecule has 110 valence electrons. The van der Waals surface area contributed by atoms with Crippen molar-refractivity contribution in [1.29, 1.82) is 0 Å². The van der Waals surface area contributed by atoms with E-state index in [4.69, 9.17) is 21.1 Å². The van der Waals surface area contributed by atoms with Gasteiger partial charge in [0.1, 0.15) is 5.75 Å². The maximum Gasteiger partial charge on any atom is 0.308 e. The lowest BCUT2D eigenvalue weighted by Crippen LogP contribution is -2.07. The smallest absolute Gasteiger partial charge is 0.308 e. The van der Waals surface area contributed by atoms with Gasteiger partial charge in [0, 0.05) is 5.02 Å². The monoisotopic (exact) mass is 296 g/mol. The highest BCUT2D eigenvalue weighted by molar-refractivity contribution is 6.31. The molecular weight excluding hydrogens is 276 g/mol. The van der Waals surface area contributed by atoms with Crippen molar-refractivity contribution < 1.29 is 14.3 Å². The number of esters is 1. The molecule has 1 aliphatic rings. The summed E-state index contributed by atoms with van der Waals surface area (Å²) in [4.78, 5) is 11.5. The van der Waals surface area contributed by atoms with E-state index in [9.17, 15) is 4.79 Å². The van der Waals surface area contributed by atoms with Gasteiger partial charge >= 0.3 is 5.97 Å². The van der Waals surface area contributed by atoms with Crippen molar-refractivity contribution in [2.24, 2.45) is 11.8 Å². The molecule has 0 saturated heterocycles. The van der Waals surface area contributed by atoms with Gasteiger partial charge in [0.25, 0.3) is 0 Å². The quantitative estimate of drug-likeness (QED) is 0.743. The number of carbonyl (C=O) groups excluding carboxylic acids is 1. The molecule has 2 rings (SSSR count). The third-order valence-corrected chi connectivity index (χ3v) is 4.48. The number of halogens is 1. The van der Waals surface area contributed by atoms with Gasteiger partial charge in [0.05, 0.1) is 20.1 Å². The SMILES string of the molecule is CCC(CC1CC1C(=O)OC)c1ccc(OC)cc1Cl. The fourth-order valence-electron chi connectivity index (χ4n) is 2.79. The molecule has 0 aromatic heterocycles. The largest absolute Gasteiger partial charge is 0.497 e. The summed E-state index contributed by atoms with van der Waals surface area (Å²) in [6, 6.07) is 5.82. The summed E-state index contributed by atoms with van der Waals surface area (Å²) in [7, 11) is 3.09. The van der Waals surface area contributed by atoms with Crippen LogP contribution in [-0.4, -0.2) is 20.2 Å². The van der Waals surface area contributed by atoms with E-state index in [-0.39, 0.29) is 11.9 Å². The predicted molar refractivity (Wildman–Crippen MR) is 79.3 cm³/mol. The first-order valence-electron chi connectivity index (χ1n) is 7.01. The molecule has 3 nitrogen and oxygen atoms in total. The number of ether oxygens (including phenoxy) is 2. The topological polar surface area (TPSA) is 35.5 Å².